The van der Waals surface area contributed by atoms with Crippen molar-refractivity contribution in [1.29, 1.82) is 0 Å². The molecule has 0 aliphatic rings. The third-order valence-electron chi connectivity index (χ3n) is 2.90. The first-order valence-corrected chi connectivity index (χ1v) is 6.75. The molecule has 1 N–H and O–H groups in total. The lowest BCUT2D eigenvalue weighted by molar-refractivity contribution is -0.116. The Bertz CT molecular complexity index is 743. The first-order chi connectivity index (χ1) is 10.8. The molecule has 0 saturated carbocycles. The highest BCUT2D eigenvalue weighted by molar-refractivity contribution is 5.89. The molecule has 3 aromatic rings. The van der Waals surface area contributed by atoms with Crippen molar-refractivity contribution >= 4 is 11.7 Å². The van der Waals surface area contributed by atoms with E-state index in [0.717, 1.165) is 5.56 Å². The van der Waals surface area contributed by atoms with Crippen LogP contribution in [0.25, 0.3) is 11.4 Å². The largest absolute Gasteiger partial charge is 0.339 e. The van der Waals surface area contributed by atoms with Crippen LogP contribution >= 0.6 is 0 Å². The lowest BCUT2D eigenvalue weighted by Crippen LogP contribution is -2.13. The van der Waals surface area contributed by atoms with Gasteiger partial charge in [-0.1, -0.05) is 11.2 Å². The van der Waals surface area contributed by atoms with Gasteiger partial charge in [0.2, 0.25) is 17.6 Å². The number of pyridine rings is 2. The number of hydrogen-bond acceptors (Lipinski definition) is 6. The summed E-state index contributed by atoms with van der Waals surface area (Å²) >= 11 is 0. The molecule has 0 bridgehead atoms. The predicted molar refractivity (Wildman–Crippen MR) is 78.7 cm³/mol. The second kappa shape index (κ2) is 6.57. The van der Waals surface area contributed by atoms with Crippen molar-refractivity contribution in [3.63, 3.8) is 0 Å². The van der Waals surface area contributed by atoms with E-state index in [4.69, 9.17) is 4.52 Å². The number of carbonyl (C=O) groups is 1. The summed E-state index contributed by atoms with van der Waals surface area (Å²) in [6, 6.07) is 8.91. The molecule has 22 heavy (non-hydrogen) atoms. The van der Waals surface area contributed by atoms with Crippen LogP contribution in [0.5, 0.6) is 0 Å². The van der Waals surface area contributed by atoms with Crippen LogP contribution in [0.1, 0.15) is 12.3 Å². The Morgan fingerprint density at radius 1 is 1.14 bits per heavy atom. The average molecular weight is 295 g/mol. The highest BCUT2D eigenvalue weighted by atomic mass is 16.5. The molecule has 7 nitrogen and oxygen atoms in total. The summed E-state index contributed by atoms with van der Waals surface area (Å²) in [4.78, 5) is 24.0. The van der Waals surface area contributed by atoms with E-state index in [0.29, 0.717) is 24.0 Å². The number of anilines is 1. The maximum Gasteiger partial charge on any atom is 0.227 e. The van der Waals surface area contributed by atoms with Crippen molar-refractivity contribution in [1.82, 2.24) is 20.1 Å². The summed E-state index contributed by atoms with van der Waals surface area (Å²) in [5.41, 5.74) is 0.822. The molecule has 0 aliphatic carbocycles. The van der Waals surface area contributed by atoms with Crippen molar-refractivity contribution in [2.45, 2.75) is 12.8 Å². The van der Waals surface area contributed by atoms with Gasteiger partial charge in [0.1, 0.15) is 5.82 Å². The van der Waals surface area contributed by atoms with Crippen LogP contribution in [0.15, 0.2) is 53.4 Å². The summed E-state index contributed by atoms with van der Waals surface area (Å²) < 4.78 is 5.14. The van der Waals surface area contributed by atoms with Crippen LogP contribution in [0.4, 0.5) is 5.82 Å². The molecular formula is C15H13N5O2. The molecule has 0 saturated heterocycles. The van der Waals surface area contributed by atoms with Crippen molar-refractivity contribution in [2.75, 3.05) is 5.32 Å². The van der Waals surface area contributed by atoms with E-state index in [1.54, 1.807) is 42.9 Å². The molecule has 0 aliphatic heterocycles. The highest BCUT2D eigenvalue weighted by Gasteiger charge is 2.10. The summed E-state index contributed by atoms with van der Waals surface area (Å²) in [6.07, 6.45) is 5.55. The first kappa shape index (κ1) is 13.9. The zero-order valence-electron chi connectivity index (χ0n) is 11.6. The standard InChI is InChI=1S/C15H13N5O2/c21-13(18-12-3-1-2-8-17-12)4-5-14-19-15(20-22-14)11-6-9-16-10-7-11/h1-3,6-10H,4-5H2,(H,17,18,21). The third kappa shape index (κ3) is 3.51. The van der Waals surface area contributed by atoms with Gasteiger partial charge in [-0.25, -0.2) is 4.98 Å². The number of amides is 1. The van der Waals surface area contributed by atoms with Gasteiger partial charge in [-0.15, -0.1) is 0 Å². The number of aryl methyl sites for hydroxylation is 1. The molecule has 1 amide bonds. The van der Waals surface area contributed by atoms with Crippen LogP contribution < -0.4 is 5.32 Å². The van der Waals surface area contributed by atoms with Gasteiger partial charge in [0.05, 0.1) is 0 Å². The Kier molecular flexibility index (Phi) is 4.15. The molecule has 0 unspecified atom stereocenters. The quantitative estimate of drug-likeness (QED) is 0.774. The third-order valence-corrected chi connectivity index (χ3v) is 2.90. The van der Waals surface area contributed by atoms with Crippen molar-refractivity contribution in [3.05, 3.63) is 54.8 Å². The van der Waals surface area contributed by atoms with E-state index in [9.17, 15) is 4.79 Å². The molecule has 3 heterocycles. The number of rotatable bonds is 5. The Labute approximate surface area is 126 Å². The van der Waals surface area contributed by atoms with Gasteiger partial charge in [-0.3, -0.25) is 9.78 Å². The van der Waals surface area contributed by atoms with E-state index in [1.807, 2.05) is 6.07 Å². The van der Waals surface area contributed by atoms with Gasteiger partial charge >= 0.3 is 0 Å². The average Bonchev–Trinajstić information content (AvgIpc) is 3.04. The number of nitrogens with zero attached hydrogens (tertiary/aromatic N) is 4. The second-order valence-corrected chi connectivity index (χ2v) is 4.51. The van der Waals surface area contributed by atoms with Crippen LogP contribution in [0.3, 0.4) is 0 Å². The normalized spacial score (nSPS) is 10.4. The Morgan fingerprint density at radius 3 is 2.77 bits per heavy atom. The van der Waals surface area contributed by atoms with Crippen molar-refractivity contribution in [2.24, 2.45) is 0 Å². The zero-order chi connectivity index (χ0) is 15.2. The first-order valence-electron chi connectivity index (χ1n) is 6.75. The monoisotopic (exact) mass is 295 g/mol. The zero-order valence-corrected chi connectivity index (χ0v) is 11.6. The van der Waals surface area contributed by atoms with Crippen molar-refractivity contribution < 1.29 is 9.32 Å². The van der Waals surface area contributed by atoms with Gasteiger partial charge in [0.15, 0.2) is 0 Å². The SMILES string of the molecule is O=C(CCc1nc(-c2ccncc2)no1)Nc1ccccn1. The smallest absolute Gasteiger partial charge is 0.227 e. The van der Waals surface area contributed by atoms with Crippen molar-refractivity contribution in [3.8, 4) is 11.4 Å². The molecule has 7 heteroatoms. The molecule has 0 aromatic carbocycles. The Hall–Kier alpha value is -3.09. The number of carbonyl (C=O) groups excluding carboxylic acids is 1. The molecular weight excluding hydrogens is 282 g/mol. The minimum Gasteiger partial charge on any atom is -0.339 e. The minimum absolute atomic E-state index is 0.151. The van der Waals surface area contributed by atoms with Gasteiger partial charge in [0, 0.05) is 37.0 Å². The van der Waals surface area contributed by atoms with E-state index < -0.39 is 0 Å². The predicted octanol–water partition coefficient (Wildman–Crippen LogP) is 2.10. The maximum atomic E-state index is 11.8. The minimum atomic E-state index is -0.151. The topological polar surface area (TPSA) is 93.8 Å². The van der Waals surface area contributed by atoms with E-state index in [2.05, 4.69) is 25.4 Å². The number of hydrogen-bond donors (Lipinski definition) is 1. The molecule has 0 radical (unpaired) electrons. The molecule has 0 fully saturated rings. The molecule has 0 atom stereocenters. The summed E-state index contributed by atoms with van der Waals surface area (Å²) in [6.45, 7) is 0. The van der Waals surface area contributed by atoms with Gasteiger partial charge < -0.3 is 9.84 Å². The lowest BCUT2D eigenvalue weighted by atomic mass is 10.2. The summed E-state index contributed by atoms with van der Waals surface area (Å²) in [7, 11) is 0. The summed E-state index contributed by atoms with van der Waals surface area (Å²) in [5, 5.41) is 6.59. The molecule has 3 rings (SSSR count). The highest BCUT2D eigenvalue weighted by Crippen LogP contribution is 2.14. The van der Waals surface area contributed by atoms with E-state index >= 15 is 0 Å². The van der Waals surface area contributed by atoms with Crippen LogP contribution in [0.2, 0.25) is 0 Å². The Balaban J connectivity index is 1.56. The molecule has 110 valence electrons. The number of nitrogens with one attached hydrogen (secondary N) is 1. The van der Waals surface area contributed by atoms with Gasteiger partial charge in [-0.2, -0.15) is 4.98 Å². The molecule has 0 spiro atoms. The molecule has 3 aromatic heterocycles. The maximum absolute atomic E-state index is 11.8. The Morgan fingerprint density at radius 2 is 2.00 bits per heavy atom. The fourth-order valence-electron chi connectivity index (χ4n) is 1.84. The number of aromatic nitrogens is 4. The summed E-state index contributed by atoms with van der Waals surface area (Å²) in [5.74, 6) is 1.28. The fraction of sp³-hybridized carbons (Fsp3) is 0.133. The van der Waals surface area contributed by atoms with Gasteiger partial charge in [0.25, 0.3) is 0 Å². The second-order valence-electron chi connectivity index (χ2n) is 4.51. The van der Waals surface area contributed by atoms with Crippen LogP contribution in [-0.4, -0.2) is 26.0 Å². The van der Waals surface area contributed by atoms with E-state index in [-0.39, 0.29) is 12.3 Å². The lowest BCUT2D eigenvalue weighted by Gasteiger charge is -2.01. The fourth-order valence-corrected chi connectivity index (χ4v) is 1.84. The van der Waals surface area contributed by atoms with Crippen LogP contribution in [0, 0.1) is 0 Å². The van der Waals surface area contributed by atoms with Crippen LogP contribution in [-0.2, 0) is 11.2 Å². The van der Waals surface area contributed by atoms with E-state index in [1.165, 1.54) is 0 Å². The van der Waals surface area contributed by atoms with Gasteiger partial charge in [-0.05, 0) is 24.3 Å².